The van der Waals surface area contributed by atoms with Crippen molar-refractivity contribution >= 4 is 47.2 Å². The summed E-state index contributed by atoms with van der Waals surface area (Å²) < 4.78 is 12.7. The van der Waals surface area contributed by atoms with Crippen molar-refractivity contribution in [1.29, 1.82) is 0 Å². The standard InChI is InChI=1S/C42H36OP2/c1-44(2)35-13-9-11-33(27-35)29-19-23-31(24-20-29)41-37-15-5-7-17-39(37)42(40-18-8-6-16-38(40)41)32-25-21-30(22-26-32)34-12-10-14-36(28-34)45(3,4)43/h5-28H,1-4H3. The van der Waals surface area contributed by atoms with Crippen molar-refractivity contribution in [1.82, 2.24) is 0 Å². The van der Waals surface area contributed by atoms with Crippen molar-refractivity contribution in [2.45, 2.75) is 0 Å². The Bertz CT molecular complexity index is 2170. The predicted octanol–water partition coefficient (Wildman–Crippen LogP) is 11.3. The summed E-state index contributed by atoms with van der Waals surface area (Å²) in [6.07, 6.45) is 0. The number of rotatable bonds is 6. The Kier molecular flexibility index (Phi) is 7.79. The summed E-state index contributed by atoms with van der Waals surface area (Å²) in [5.41, 5.74) is 9.67. The first-order chi connectivity index (χ1) is 21.8. The maximum atomic E-state index is 12.7. The van der Waals surface area contributed by atoms with E-state index in [4.69, 9.17) is 0 Å². The Morgan fingerprint density at radius 3 is 1.24 bits per heavy atom. The molecule has 45 heavy (non-hydrogen) atoms. The van der Waals surface area contributed by atoms with Crippen molar-refractivity contribution in [3.8, 4) is 44.5 Å². The third-order valence-corrected chi connectivity index (χ3v) is 11.6. The molecule has 0 amide bonds. The smallest absolute Gasteiger partial charge is 0.109 e. The van der Waals surface area contributed by atoms with E-state index in [2.05, 4.69) is 147 Å². The maximum Gasteiger partial charge on any atom is 0.109 e. The lowest BCUT2D eigenvalue weighted by atomic mass is 9.85. The Hall–Kier alpha value is -4.28. The van der Waals surface area contributed by atoms with E-state index in [0.717, 1.165) is 16.4 Å². The highest BCUT2D eigenvalue weighted by Gasteiger charge is 2.17. The predicted molar refractivity (Wildman–Crippen MR) is 201 cm³/mol. The molecule has 0 saturated carbocycles. The molecule has 0 aromatic heterocycles. The maximum absolute atomic E-state index is 12.7. The summed E-state index contributed by atoms with van der Waals surface area (Å²) in [4.78, 5) is 0. The van der Waals surface area contributed by atoms with Crippen molar-refractivity contribution < 1.29 is 4.57 Å². The average molecular weight is 619 g/mol. The van der Waals surface area contributed by atoms with Gasteiger partial charge in [-0.2, -0.15) is 0 Å². The SMILES string of the molecule is CP(C)c1cccc(-c2ccc(-c3c4ccccc4c(-c4ccc(-c5cccc(P(C)(C)=O)c5)cc4)c4ccccc34)cc2)c1. The first kappa shape index (κ1) is 29.4. The lowest BCUT2D eigenvalue weighted by molar-refractivity contribution is 0.588. The van der Waals surface area contributed by atoms with Crippen LogP contribution in [-0.2, 0) is 4.57 Å². The van der Waals surface area contributed by atoms with E-state index < -0.39 is 7.14 Å². The van der Waals surface area contributed by atoms with Crippen LogP contribution in [0, 0.1) is 0 Å². The summed E-state index contributed by atoms with van der Waals surface area (Å²) in [7, 11) is -2.47. The molecule has 0 heterocycles. The van der Waals surface area contributed by atoms with Crippen LogP contribution in [0.25, 0.3) is 66.1 Å². The molecule has 0 aliphatic heterocycles. The van der Waals surface area contributed by atoms with Gasteiger partial charge < -0.3 is 4.57 Å². The molecule has 7 aromatic rings. The molecule has 0 unspecified atom stereocenters. The molecule has 0 fully saturated rings. The minimum atomic E-state index is -2.33. The third kappa shape index (κ3) is 5.68. The van der Waals surface area contributed by atoms with Crippen molar-refractivity contribution in [2.24, 2.45) is 0 Å². The minimum absolute atomic E-state index is 0.137. The number of benzene rings is 7. The average Bonchev–Trinajstić information content (AvgIpc) is 3.07. The van der Waals surface area contributed by atoms with Gasteiger partial charge in [0.25, 0.3) is 0 Å². The van der Waals surface area contributed by atoms with Crippen LogP contribution in [0.2, 0.25) is 0 Å². The summed E-state index contributed by atoms with van der Waals surface area (Å²) in [6.45, 7) is 8.27. The Labute approximate surface area is 267 Å². The number of hydrogen-bond donors (Lipinski definition) is 0. The minimum Gasteiger partial charge on any atom is -0.319 e. The lowest BCUT2D eigenvalue weighted by Gasteiger charge is -2.18. The van der Waals surface area contributed by atoms with Gasteiger partial charge in [-0.05, 0) is 110 Å². The van der Waals surface area contributed by atoms with Crippen molar-refractivity contribution in [3.63, 3.8) is 0 Å². The fourth-order valence-corrected chi connectivity index (χ4v) is 8.07. The van der Waals surface area contributed by atoms with Crippen LogP contribution in [0.1, 0.15) is 0 Å². The molecule has 0 spiro atoms. The van der Waals surface area contributed by atoms with E-state index in [1.807, 2.05) is 25.5 Å². The van der Waals surface area contributed by atoms with Crippen LogP contribution in [-0.4, -0.2) is 26.7 Å². The van der Waals surface area contributed by atoms with E-state index in [0.29, 0.717) is 0 Å². The molecule has 0 bridgehead atoms. The van der Waals surface area contributed by atoms with Gasteiger partial charge in [0, 0.05) is 5.30 Å². The fourth-order valence-electron chi connectivity index (χ4n) is 6.39. The first-order valence-corrected chi connectivity index (χ1v) is 20.2. The van der Waals surface area contributed by atoms with E-state index in [-0.39, 0.29) is 7.92 Å². The molecule has 0 radical (unpaired) electrons. The van der Waals surface area contributed by atoms with Crippen molar-refractivity contribution in [2.75, 3.05) is 26.7 Å². The van der Waals surface area contributed by atoms with Crippen LogP contribution >= 0.6 is 15.1 Å². The van der Waals surface area contributed by atoms with Crippen LogP contribution in [0.5, 0.6) is 0 Å². The van der Waals surface area contributed by atoms with Crippen LogP contribution in [0.15, 0.2) is 146 Å². The molecule has 0 atom stereocenters. The molecule has 3 heteroatoms. The Balaban J connectivity index is 1.35. The molecule has 0 N–H and O–H groups in total. The molecule has 7 aromatic carbocycles. The van der Waals surface area contributed by atoms with Gasteiger partial charge in [0.05, 0.1) is 0 Å². The van der Waals surface area contributed by atoms with Gasteiger partial charge in [-0.1, -0.05) is 141 Å². The second-order valence-electron chi connectivity index (χ2n) is 12.3. The highest BCUT2D eigenvalue weighted by atomic mass is 31.2. The highest BCUT2D eigenvalue weighted by molar-refractivity contribution is 7.70. The monoisotopic (exact) mass is 618 g/mol. The third-order valence-electron chi connectivity index (χ3n) is 8.78. The largest absolute Gasteiger partial charge is 0.319 e. The quantitative estimate of drug-likeness (QED) is 0.134. The Morgan fingerprint density at radius 2 is 0.822 bits per heavy atom. The molecule has 1 nitrogen and oxygen atoms in total. The van der Waals surface area contributed by atoms with E-state index >= 15 is 0 Å². The first-order valence-electron chi connectivity index (χ1n) is 15.4. The molecular weight excluding hydrogens is 582 g/mol. The Morgan fingerprint density at radius 1 is 0.422 bits per heavy atom. The van der Waals surface area contributed by atoms with E-state index in [1.54, 1.807) is 0 Å². The van der Waals surface area contributed by atoms with Gasteiger partial charge in [0.1, 0.15) is 7.14 Å². The zero-order chi connectivity index (χ0) is 31.1. The van der Waals surface area contributed by atoms with Crippen LogP contribution in [0.3, 0.4) is 0 Å². The normalized spacial score (nSPS) is 11.8. The van der Waals surface area contributed by atoms with Gasteiger partial charge in [0.15, 0.2) is 0 Å². The van der Waals surface area contributed by atoms with Gasteiger partial charge in [-0.3, -0.25) is 0 Å². The summed E-state index contributed by atoms with van der Waals surface area (Å²) in [5, 5.41) is 7.33. The van der Waals surface area contributed by atoms with E-state index in [9.17, 15) is 4.57 Å². The highest BCUT2D eigenvalue weighted by Crippen LogP contribution is 2.44. The number of hydrogen-bond acceptors (Lipinski definition) is 1. The van der Waals surface area contributed by atoms with Gasteiger partial charge >= 0.3 is 0 Å². The topological polar surface area (TPSA) is 17.1 Å². The summed E-state index contributed by atoms with van der Waals surface area (Å²) >= 11 is 0. The zero-order valence-corrected chi connectivity index (χ0v) is 27.9. The molecule has 220 valence electrons. The van der Waals surface area contributed by atoms with E-state index in [1.165, 1.54) is 60.2 Å². The lowest BCUT2D eigenvalue weighted by Crippen LogP contribution is -2.02. The van der Waals surface area contributed by atoms with Gasteiger partial charge in [0.2, 0.25) is 0 Å². The van der Waals surface area contributed by atoms with Crippen LogP contribution < -0.4 is 10.6 Å². The zero-order valence-electron chi connectivity index (χ0n) is 26.2. The summed E-state index contributed by atoms with van der Waals surface area (Å²) in [6, 6.07) is 52.7. The second kappa shape index (κ2) is 11.9. The molecule has 0 aliphatic rings. The summed E-state index contributed by atoms with van der Waals surface area (Å²) in [5.74, 6) is 0. The molecule has 7 rings (SSSR count). The van der Waals surface area contributed by atoms with Gasteiger partial charge in [-0.25, -0.2) is 0 Å². The van der Waals surface area contributed by atoms with Crippen LogP contribution in [0.4, 0.5) is 0 Å². The number of fused-ring (bicyclic) bond motifs is 2. The fraction of sp³-hybridized carbons (Fsp3) is 0.0952. The molecule has 0 aliphatic carbocycles. The second-order valence-corrected chi connectivity index (χ2v) is 17.9. The van der Waals surface area contributed by atoms with Gasteiger partial charge in [-0.15, -0.1) is 0 Å². The molecule has 0 saturated heterocycles. The van der Waals surface area contributed by atoms with Crippen molar-refractivity contribution in [3.05, 3.63) is 146 Å². The molecular formula is C42H36OP2.